The Morgan fingerprint density at radius 2 is 1.18 bits per heavy atom. The monoisotopic (exact) mass is 372 g/mol. The van der Waals surface area contributed by atoms with Crippen LogP contribution in [0.4, 0.5) is 22.7 Å². The van der Waals surface area contributed by atoms with Gasteiger partial charge in [0.2, 0.25) is 0 Å². The Bertz CT molecular complexity index is 990. The summed E-state index contributed by atoms with van der Waals surface area (Å²) in [6.45, 7) is 11.5. The molecule has 3 aromatic rings. The van der Waals surface area contributed by atoms with Crippen LogP contribution in [0.1, 0.15) is 22.3 Å². The van der Waals surface area contributed by atoms with Crippen LogP contribution in [0, 0.1) is 13.8 Å². The fourth-order valence-corrected chi connectivity index (χ4v) is 3.20. The minimum atomic E-state index is -0.209. The number of rotatable bonds is 5. The predicted octanol–water partition coefficient (Wildman–Crippen LogP) is 6.05. The van der Waals surface area contributed by atoms with Gasteiger partial charge >= 0.3 is 0 Å². The maximum atomic E-state index is 11.0. The van der Waals surface area contributed by atoms with Gasteiger partial charge in [-0.15, -0.1) is 0 Å². The Morgan fingerprint density at radius 3 is 1.57 bits per heavy atom. The average Bonchev–Trinajstić information content (AvgIpc) is 2.69. The molecule has 0 saturated carbocycles. The quantitative estimate of drug-likeness (QED) is 0.289. The molecule has 0 unspecified atom stereocenters. The van der Waals surface area contributed by atoms with Crippen LogP contribution in [0.2, 0.25) is 0 Å². The summed E-state index contributed by atoms with van der Waals surface area (Å²) >= 11 is 0. The molecule has 0 spiro atoms. The molecule has 0 amide bonds. The smallest absolute Gasteiger partial charge is 0.167 e. The van der Waals surface area contributed by atoms with Gasteiger partial charge in [-0.2, -0.15) is 0 Å². The van der Waals surface area contributed by atoms with Crippen LogP contribution in [0.5, 0.6) is 11.5 Å². The van der Waals surface area contributed by atoms with E-state index >= 15 is 0 Å². The number of nitrogens with zero attached hydrogens (tertiary/aromatic N) is 1. The minimum Gasteiger partial charge on any atom is -0.505 e. The molecule has 3 aromatic carbocycles. The minimum absolute atomic E-state index is 0.113. The van der Waals surface area contributed by atoms with Gasteiger partial charge in [-0.3, -0.25) is 0 Å². The van der Waals surface area contributed by atoms with Crippen molar-refractivity contribution >= 4 is 34.9 Å². The second-order valence-electron chi connectivity index (χ2n) is 6.70. The van der Waals surface area contributed by atoms with Crippen LogP contribution in [-0.2, 0) is 0 Å². The van der Waals surface area contributed by atoms with Crippen LogP contribution >= 0.6 is 0 Å². The standard InChI is InChI=1S/C24H24N2O2/c1-5-19-20(6-2)23(27)22(24(28)21(19)25)26(17-11-7-15(3)8-12-17)18-13-9-16(4)10-14-18/h5-14,27-28H,1-2,25H2,3-4H3. The molecule has 4 nitrogen and oxygen atoms in total. The van der Waals surface area contributed by atoms with Crippen LogP contribution in [0.15, 0.2) is 61.7 Å². The van der Waals surface area contributed by atoms with E-state index < -0.39 is 0 Å². The molecular formula is C24H24N2O2. The van der Waals surface area contributed by atoms with E-state index in [4.69, 9.17) is 5.73 Å². The Kier molecular flexibility index (Phi) is 5.14. The molecule has 0 saturated heterocycles. The molecule has 0 aliphatic rings. The number of hydrogen-bond acceptors (Lipinski definition) is 4. The van der Waals surface area contributed by atoms with Crippen LogP contribution in [0.25, 0.3) is 12.2 Å². The summed E-state index contributed by atoms with van der Waals surface area (Å²) in [6.07, 6.45) is 3.01. The van der Waals surface area contributed by atoms with Crippen molar-refractivity contribution in [2.45, 2.75) is 13.8 Å². The number of benzene rings is 3. The zero-order valence-electron chi connectivity index (χ0n) is 16.1. The van der Waals surface area contributed by atoms with E-state index in [0.29, 0.717) is 11.1 Å². The molecule has 0 heterocycles. The Balaban J connectivity index is 2.37. The van der Waals surface area contributed by atoms with Crippen molar-refractivity contribution in [1.82, 2.24) is 0 Å². The maximum absolute atomic E-state index is 11.0. The lowest BCUT2D eigenvalue weighted by Gasteiger charge is -2.29. The summed E-state index contributed by atoms with van der Waals surface area (Å²) in [7, 11) is 0. The van der Waals surface area contributed by atoms with Crippen molar-refractivity contribution in [2.75, 3.05) is 10.6 Å². The van der Waals surface area contributed by atoms with Gasteiger partial charge < -0.3 is 20.8 Å². The van der Waals surface area contributed by atoms with Gasteiger partial charge in [-0.1, -0.05) is 60.7 Å². The predicted molar refractivity (Wildman–Crippen MR) is 119 cm³/mol. The molecule has 3 rings (SSSR count). The molecule has 0 atom stereocenters. The highest BCUT2D eigenvalue weighted by Gasteiger charge is 2.26. The molecule has 0 radical (unpaired) electrons. The number of nitrogen functional groups attached to an aromatic ring is 1. The molecule has 0 aliphatic heterocycles. The maximum Gasteiger partial charge on any atom is 0.167 e. The van der Waals surface area contributed by atoms with Gasteiger partial charge in [0, 0.05) is 22.5 Å². The Hall–Kier alpha value is -3.66. The third-order valence-corrected chi connectivity index (χ3v) is 4.76. The van der Waals surface area contributed by atoms with E-state index in [9.17, 15) is 10.2 Å². The van der Waals surface area contributed by atoms with Crippen molar-refractivity contribution in [3.05, 3.63) is 83.9 Å². The molecule has 142 valence electrons. The zero-order valence-corrected chi connectivity index (χ0v) is 16.1. The van der Waals surface area contributed by atoms with Crippen molar-refractivity contribution in [1.29, 1.82) is 0 Å². The van der Waals surface area contributed by atoms with E-state index in [-0.39, 0.29) is 22.9 Å². The van der Waals surface area contributed by atoms with E-state index in [1.54, 1.807) is 4.90 Å². The first kappa shape index (κ1) is 19.1. The molecule has 0 fully saturated rings. The number of phenols is 2. The third-order valence-electron chi connectivity index (χ3n) is 4.76. The second-order valence-corrected chi connectivity index (χ2v) is 6.70. The van der Waals surface area contributed by atoms with Gasteiger partial charge in [0.05, 0.1) is 5.69 Å². The first-order valence-corrected chi connectivity index (χ1v) is 8.94. The normalized spacial score (nSPS) is 10.5. The lowest BCUT2D eigenvalue weighted by molar-refractivity contribution is 0.453. The SMILES string of the molecule is C=Cc1c(N)c(O)c(N(c2ccc(C)cc2)c2ccc(C)cc2)c(O)c1C=C. The van der Waals surface area contributed by atoms with Crippen molar-refractivity contribution in [3.63, 3.8) is 0 Å². The van der Waals surface area contributed by atoms with Gasteiger partial charge in [0.15, 0.2) is 11.5 Å². The van der Waals surface area contributed by atoms with Gasteiger partial charge in [-0.25, -0.2) is 0 Å². The average molecular weight is 372 g/mol. The lowest BCUT2D eigenvalue weighted by Crippen LogP contribution is -2.12. The second kappa shape index (κ2) is 7.53. The Labute approximate surface area is 165 Å². The summed E-state index contributed by atoms with van der Waals surface area (Å²) in [6, 6.07) is 15.6. The number of anilines is 4. The lowest BCUT2D eigenvalue weighted by atomic mass is 10.00. The third kappa shape index (κ3) is 3.21. The first-order chi connectivity index (χ1) is 13.4. The van der Waals surface area contributed by atoms with Crippen LogP contribution in [-0.4, -0.2) is 10.2 Å². The molecular weight excluding hydrogens is 348 g/mol. The summed E-state index contributed by atoms with van der Waals surface area (Å²) < 4.78 is 0. The molecule has 28 heavy (non-hydrogen) atoms. The number of aryl methyl sites for hydroxylation is 2. The number of nitrogens with two attached hydrogens (primary N) is 1. The zero-order chi connectivity index (χ0) is 20.4. The van der Waals surface area contributed by atoms with Crippen LogP contribution < -0.4 is 10.6 Å². The van der Waals surface area contributed by atoms with Gasteiger partial charge in [-0.05, 0) is 38.1 Å². The van der Waals surface area contributed by atoms with E-state index in [1.807, 2.05) is 62.4 Å². The van der Waals surface area contributed by atoms with Crippen molar-refractivity contribution in [3.8, 4) is 11.5 Å². The molecule has 4 heteroatoms. The highest BCUT2D eigenvalue weighted by atomic mass is 16.3. The molecule has 0 aromatic heterocycles. The number of hydrogen-bond donors (Lipinski definition) is 3. The number of phenolic OH excluding ortho intramolecular Hbond substituents is 2. The molecule has 0 aliphatic carbocycles. The summed E-state index contributed by atoms with van der Waals surface area (Å²) in [4.78, 5) is 1.78. The summed E-state index contributed by atoms with van der Waals surface area (Å²) in [5.41, 5.74) is 11.2. The van der Waals surface area contributed by atoms with Gasteiger partial charge in [0.25, 0.3) is 0 Å². The van der Waals surface area contributed by atoms with Crippen molar-refractivity contribution in [2.24, 2.45) is 0 Å². The van der Waals surface area contributed by atoms with E-state index in [0.717, 1.165) is 22.5 Å². The Morgan fingerprint density at radius 1 is 0.750 bits per heavy atom. The van der Waals surface area contributed by atoms with E-state index in [1.165, 1.54) is 12.2 Å². The first-order valence-electron chi connectivity index (χ1n) is 8.94. The molecule has 0 bridgehead atoms. The van der Waals surface area contributed by atoms with E-state index in [2.05, 4.69) is 13.2 Å². The fourth-order valence-electron chi connectivity index (χ4n) is 3.20. The van der Waals surface area contributed by atoms with Crippen LogP contribution in [0.3, 0.4) is 0 Å². The summed E-state index contributed by atoms with van der Waals surface area (Å²) in [5.74, 6) is -0.322. The van der Waals surface area contributed by atoms with Gasteiger partial charge in [0.1, 0.15) is 5.69 Å². The van der Waals surface area contributed by atoms with Crippen molar-refractivity contribution < 1.29 is 10.2 Å². The highest BCUT2D eigenvalue weighted by Crippen LogP contribution is 2.51. The largest absolute Gasteiger partial charge is 0.505 e. The summed E-state index contributed by atoms with van der Waals surface area (Å²) in [5, 5.41) is 21.9. The molecule has 4 N–H and O–H groups in total. The highest BCUT2D eigenvalue weighted by molar-refractivity contribution is 5.94. The topological polar surface area (TPSA) is 69.7 Å². The fraction of sp³-hybridized carbons (Fsp3) is 0.0833. The number of aromatic hydroxyl groups is 2.